The standard InChI is InChI=1S/C15H9ClFN3O/c16-11-5-6-12(9-3-1-7-18-13(9)11)20-15(21)10-4-2-8-19-14(10)17/h1-8H,(H,20,21). The van der Waals surface area contributed by atoms with Gasteiger partial charge in [0.05, 0.1) is 21.8 Å². The molecule has 0 radical (unpaired) electrons. The van der Waals surface area contributed by atoms with Gasteiger partial charge in [-0.25, -0.2) is 4.98 Å². The van der Waals surface area contributed by atoms with Crippen LogP contribution in [-0.2, 0) is 0 Å². The lowest BCUT2D eigenvalue weighted by Gasteiger charge is -2.09. The van der Waals surface area contributed by atoms with Gasteiger partial charge in [-0.15, -0.1) is 0 Å². The monoisotopic (exact) mass is 301 g/mol. The van der Waals surface area contributed by atoms with Gasteiger partial charge in [-0.05, 0) is 36.4 Å². The van der Waals surface area contributed by atoms with E-state index in [1.165, 1.54) is 18.3 Å². The number of aromatic nitrogens is 2. The second kappa shape index (κ2) is 5.46. The molecule has 3 aromatic rings. The van der Waals surface area contributed by atoms with Crippen LogP contribution in [0, 0.1) is 5.95 Å². The molecule has 1 amide bonds. The van der Waals surface area contributed by atoms with Gasteiger partial charge in [0.15, 0.2) is 0 Å². The van der Waals surface area contributed by atoms with Crippen molar-refractivity contribution in [3.63, 3.8) is 0 Å². The average molecular weight is 302 g/mol. The second-order valence-electron chi connectivity index (χ2n) is 4.29. The van der Waals surface area contributed by atoms with Crippen LogP contribution in [0.1, 0.15) is 10.4 Å². The molecule has 0 saturated carbocycles. The number of halogens is 2. The average Bonchev–Trinajstić information content (AvgIpc) is 2.51. The number of benzene rings is 1. The minimum absolute atomic E-state index is 0.121. The zero-order chi connectivity index (χ0) is 14.8. The first-order valence-electron chi connectivity index (χ1n) is 6.12. The van der Waals surface area contributed by atoms with Gasteiger partial charge in [-0.2, -0.15) is 4.39 Å². The highest BCUT2D eigenvalue weighted by Crippen LogP contribution is 2.28. The summed E-state index contributed by atoms with van der Waals surface area (Å²) in [6.45, 7) is 0. The van der Waals surface area contributed by atoms with E-state index < -0.39 is 11.9 Å². The van der Waals surface area contributed by atoms with Crippen molar-refractivity contribution in [1.29, 1.82) is 0 Å². The molecule has 0 bridgehead atoms. The summed E-state index contributed by atoms with van der Waals surface area (Å²) in [5.74, 6) is -1.39. The number of rotatable bonds is 2. The smallest absolute Gasteiger partial charge is 0.260 e. The van der Waals surface area contributed by atoms with Crippen LogP contribution in [0.4, 0.5) is 10.1 Å². The Kier molecular flexibility index (Phi) is 3.50. The minimum atomic E-state index is -0.814. The molecule has 0 aliphatic rings. The topological polar surface area (TPSA) is 54.9 Å². The maximum atomic E-state index is 13.5. The highest BCUT2D eigenvalue weighted by Gasteiger charge is 2.14. The number of anilines is 1. The Labute approximate surface area is 124 Å². The summed E-state index contributed by atoms with van der Waals surface area (Å²) in [6, 6.07) is 9.67. The first-order valence-corrected chi connectivity index (χ1v) is 6.50. The Balaban J connectivity index is 2.01. The van der Waals surface area contributed by atoms with Crippen molar-refractivity contribution in [3.05, 3.63) is 65.3 Å². The van der Waals surface area contributed by atoms with Crippen molar-refractivity contribution in [2.24, 2.45) is 0 Å². The first kappa shape index (κ1) is 13.5. The number of carbonyl (C=O) groups is 1. The Hall–Kier alpha value is -2.53. The molecule has 0 atom stereocenters. The molecule has 104 valence electrons. The van der Waals surface area contributed by atoms with Gasteiger partial charge < -0.3 is 5.32 Å². The van der Waals surface area contributed by atoms with Gasteiger partial charge in [0, 0.05) is 17.8 Å². The van der Waals surface area contributed by atoms with E-state index in [0.29, 0.717) is 21.6 Å². The number of amides is 1. The van der Waals surface area contributed by atoms with Crippen LogP contribution in [-0.4, -0.2) is 15.9 Å². The minimum Gasteiger partial charge on any atom is -0.321 e. The van der Waals surface area contributed by atoms with Crippen molar-refractivity contribution < 1.29 is 9.18 Å². The third-order valence-electron chi connectivity index (χ3n) is 2.97. The predicted molar refractivity (Wildman–Crippen MR) is 78.9 cm³/mol. The molecular weight excluding hydrogens is 293 g/mol. The van der Waals surface area contributed by atoms with Gasteiger partial charge in [-0.1, -0.05) is 11.6 Å². The van der Waals surface area contributed by atoms with Crippen molar-refractivity contribution in [1.82, 2.24) is 9.97 Å². The summed E-state index contributed by atoms with van der Waals surface area (Å²) in [6.07, 6.45) is 2.90. The van der Waals surface area contributed by atoms with Gasteiger partial charge in [-0.3, -0.25) is 9.78 Å². The summed E-state index contributed by atoms with van der Waals surface area (Å²) >= 11 is 6.06. The fourth-order valence-corrected chi connectivity index (χ4v) is 2.21. The molecule has 0 spiro atoms. The van der Waals surface area contributed by atoms with Gasteiger partial charge in [0.25, 0.3) is 5.91 Å². The summed E-state index contributed by atoms with van der Waals surface area (Å²) in [7, 11) is 0. The number of nitrogens with zero attached hydrogens (tertiary/aromatic N) is 2. The molecule has 1 N–H and O–H groups in total. The quantitative estimate of drug-likeness (QED) is 0.735. The maximum Gasteiger partial charge on any atom is 0.260 e. The summed E-state index contributed by atoms with van der Waals surface area (Å²) < 4.78 is 13.5. The molecular formula is C15H9ClFN3O. The first-order chi connectivity index (χ1) is 10.2. The fourth-order valence-electron chi connectivity index (χ4n) is 1.99. The Bertz CT molecular complexity index is 838. The Morgan fingerprint density at radius 3 is 2.67 bits per heavy atom. The van der Waals surface area contributed by atoms with Crippen LogP contribution in [0.5, 0.6) is 0 Å². The number of hydrogen-bond donors (Lipinski definition) is 1. The lowest BCUT2D eigenvalue weighted by atomic mass is 10.1. The molecule has 3 rings (SSSR count). The van der Waals surface area contributed by atoms with Gasteiger partial charge >= 0.3 is 0 Å². The van der Waals surface area contributed by atoms with Crippen molar-refractivity contribution >= 4 is 34.1 Å². The highest BCUT2D eigenvalue weighted by molar-refractivity contribution is 6.35. The number of nitrogens with one attached hydrogen (secondary N) is 1. The van der Waals surface area contributed by atoms with E-state index in [1.54, 1.807) is 30.5 Å². The lowest BCUT2D eigenvalue weighted by Crippen LogP contribution is -2.14. The van der Waals surface area contributed by atoms with Gasteiger partial charge in [0.2, 0.25) is 5.95 Å². The van der Waals surface area contributed by atoms with Crippen molar-refractivity contribution in [2.75, 3.05) is 5.32 Å². The van der Waals surface area contributed by atoms with Crippen LogP contribution >= 0.6 is 11.6 Å². The van der Waals surface area contributed by atoms with E-state index in [2.05, 4.69) is 15.3 Å². The van der Waals surface area contributed by atoms with Crippen LogP contribution in [0.25, 0.3) is 10.9 Å². The van der Waals surface area contributed by atoms with Gasteiger partial charge in [0.1, 0.15) is 0 Å². The SMILES string of the molecule is O=C(Nc1ccc(Cl)c2ncccc12)c1cccnc1F. The fraction of sp³-hybridized carbons (Fsp3) is 0. The van der Waals surface area contributed by atoms with Crippen LogP contribution in [0.2, 0.25) is 5.02 Å². The molecule has 6 heteroatoms. The molecule has 0 saturated heterocycles. The Morgan fingerprint density at radius 2 is 1.86 bits per heavy atom. The largest absolute Gasteiger partial charge is 0.321 e. The van der Waals surface area contributed by atoms with E-state index in [-0.39, 0.29) is 5.56 Å². The zero-order valence-corrected chi connectivity index (χ0v) is 11.4. The summed E-state index contributed by atoms with van der Waals surface area (Å²) in [5, 5.41) is 3.82. The normalized spacial score (nSPS) is 10.6. The number of hydrogen-bond acceptors (Lipinski definition) is 3. The van der Waals surface area contributed by atoms with E-state index in [0.717, 1.165) is 0 Å². The number of carbonyl (C=O) groups excluding carboxylic acids is 1. The van der Waals surface area contributed by atoms with E-state index in [1.807, 2.05) is 0 Å². The number of fused-ring (bicyclic) bond motifs is 1. The third-order valence-corrected chi connectivity index (χ3v) is 3.28. The molecule has 21 heavy (non-hydrogen) atoms. The van der Waals surface area contributed by atoms with Crippen molar-refractivity contribution in [3.8, 4) is 0 Å². The molecule has 4 nitrogen and oxygen atoms in total. The van der Waals surface area contributed by atoms with Crippen LogP contribution < -0.4 is 5.32 Å². The molecule has 1 aromatic carbocycles. The summed E-state index contributed by atoms with van der Waals surface area (Å²) in [5.41, 5.74) is 0.962. The lowest BCUT2D eigenvalue weighted by molar-refractivity contribution is 0.102. The van der Waals surface area contributed by atoms with E-state index >= 15 is 0 Å². The van der Waals surface area contributed by atoms with Crippen LogP contribution in [0.15, 0.2) is 48.8 Å². The zero-order valence-electron chi connectivity index (χ0n) is 10.7. The number of pyridine rings is 2. The molecule has 2 aromatic heterocycles. The Morgan fingerprint density at radius 1 is 1.10 bits per heavy atom. The highest BCUT2D eigenvalue weighted by atomic mass is 35.5. The molecule has 0 aliphatic heterocycles. The van der Waals surface area contributed by atoms with E-state index in [4.69, 9.17) is 11.6 Å². The predicted octanol–water partition coefficient (Wildman–Crippen LogP) is 3.67. The molecule has 0 unspecified atom stereocenters. The molecule has 0 fully saturated rings. The second-order valence-corrected chi connectivity index (χ2v) is 4.70. The van der Waals surface area contributed by atoms with Crippen molar-refractivity contribution in [2.45, 2.75) is 0 Å². The summed E-state index contributed by atoms with van der Waals surface area (Å²) in [4.78, 5) is 19.7. The van der Waals surface area contributed by atoms with E-state index in [9.17, 15) is 9.18 Å². The molecule has 0 aliphatic carbocycles. The van der Waals surface area contributed by atoms with Crippen LogP contribution in [0.3, 0.4) is 0 Å². The third kappa shape index (κ3) is 2.55. The maximum absolute atomic E-state index is 13.5. The molecule has 2 heterocycles.